The summed E-state index contributed by atoms with van der Waals surface area (Å²) in [6.45, 7) is 1.98. The molecule has 0 spiro atoms. The summed E-state index contributed by atoms with van der Waals surface area (Å²) in [6, 6.07) is 9.71. The number of hydrogen-bond donors (Lipinski definition) is 2. The molecule has 1 unspecified atom stereocenters. The number of benzene rings is 1. The quantitative estimate of drug-likeness (QED) is 0.853. The van der Waals surface area contributed by atoms with Crippen molar-refractivity contribution in [3.8, 4) is 0 Å². The third-order valence-electron chi connectivity index (χ3n) is 3.76. The first-order valence-corrected chi connectivity index (χ1v) is 6.70. The molecule has 0 saturated heterocycles. The van der Waals surface area contributed by atoms with Crippen LogP contribution in [0, 0.1) is 5.92 Å². The smallest absolute Gasteiger partial charge is 0.306 e. The summed E-state index contributed by atoms with van der Waals surface area (Å²) in [7, 11) is 0. The van der Waals surface area contributed by atoms with Gasteiger partial charge >= 0.3 is 5.97 Å². The van der Waals surface area contributed by atoms with Gasteiger partial charge in [-0.3, -0.25) is 9.59 Å². The molecule has 0 aromatic heterocycles. The van der Waals surface area contributed by atoms with Crippen LogP contribution in [0.15, 0.2) is 30.3 Å². The van der Waals surface area contributed by atoms with Crippen LogP contribution in [0.5, 0.6) is 0 Å². The Morgan fingerprint density at radius 1 is 1.32 bits per heavy atom. The first-order chi connectivity index (χ1) is 9.11. The van der Waals surface area contributed by atoms with Gasteiger partial charge in [0, 0.05) is 6.04 Å². The van der Waals surface area contributed by atoms with Crippen molar-refractivity contribution in [1.82, 2.24) is 5.32 Å². The number of amides is 1. The Kier molecular flexibility index (Phi) is 4.20. The van der Waals surface area contributed by atoms with E-state index in [0.717, 1.165) is 12.0 Å². The van der Waals surface area contributed by atoms with Crippen molar-refractivity contribution in [3.05, 3.63) is 35.9 Å². The number of carbonyl (C=O) groups is 2. The highest BCUT2D eigenvalue weighted by molar-refractivity contribution is 5.84. The van der Waals surface area contributed by atoms with Gasteiger partial charge in [0.25, 0.3) is 0 Å². The normalized spacial score (nSPS) is 23.2. The molecule has 1 amide bonds. The van der Waals surface area contributed by atoms with E-state index in [-0.39, 0.29) is 23.8 Å². The standard InChI is InChI=1S/C15H19NO3/c1-2-13(10-6-4-3-5-7-10)14(17)16-12-8-11(9-12)15(18)19/h3-7,11-13H,2,8-9H2,1H3,(H,16,17)(H,18,19). The molecule has 1 saturated carbocycles. The number of carboxylic acid groups (broad SMARTS) is 1. The highest BCUT2D eigenvalue weighted by Gasteiger charge is 2.36. The van der Waals surface area contributed by atoms with E-state index in [2.05, 4.69) is 5.32 Å². The Hall–Kier alpha value is -1.84. The van der Waals surface area contributed by atoms with Crippen molar-refractivity contribution in [2.75, 3.05) is 0 Å². The minimum atomic E-state index is -0.763. The highest BCUT2D eigenvalue weighted by Crippen LogP contribution is 2.28. The van der Waals surface area contributed by atoms with Crippen LogP contribution in [0.25, 0.3) is 0 Å². The lowest BCUT2D eigenvalue weighted by molar-refractivity contribution is -0.146. The number of aliphatic carboxylic acids is 1. The molecule has 1 fully saturated rings. The molecule has 1 aliphatic rings. The maximum absolute atomic E-state index is 12.2. The lowest BCUT2D eigenvalue weighted by atomic mass is 9.80. The molecule has 2 rings (SSSR count). The third-order valence-corrected chi connectivity index (χ3v) is 3.76. The maximum atomic E-state index is 12.2. The van der Waals surface area contributed by atoms with E-state index in [9.17, 15) is 9.59 Å². The fraction of sp³-hybridized carbons (Fsp3) is 0.467. The van der Waals surface area contributed by atoms with Crippen LogP contribution in [-0.4, -0.2) is 23.0 Å². The van der Waals surface area contributed by atoms with E-state index in [1.54, 1.807) is 0 Å². The second-order valence-corrected chi connectivity index (χ2v) is 5.08. The highest BCUT2D eigenvalue weighted by atomic mass is 16.4. The van der Waals surface area contributed by atoms with Crippen molar-refractivity contribution in [1.29, 1.82) is 0 Å². The average molecular weight is 261 g/mol. The van der Waals surface area contributed by atoms with Gasteiger partial charge in [0.1, 0.15) is 0 Å². The molecule has 0 bridgehead atoms. The zero-order valence-corrected chi connectivity index (χ0v) is 11.0. The zero-order valence-electron chi connectivity index (χ0n) is 11.0. The Morgan fingerprint density at radius 2 is 1.95 bits per heavy atom. The van der Waals surface area contributed by atoms with Gasteiger partial charge in [0.05, 0.1) is 11.8 Å². The topological polar surface area (TPSA) is 66.4 Å². The SMILES string of the molecule is CCC(C(=O)NC1CC(C(=O)O)C1)c1ccccc1. The van der Waals surface area contributed by atoms with Gasteiger partial charge in [-0.05, 0) is 24.8 Å². The number of rotatable bonds is 5. The van der Waals surface area contributed by atoms with Crippen molar-refractivity contribution in [3.63, 3.8) is 0 Å². The largest absolute Gasteiger partial charge is 0.481 e. The van der Waals surface area contributed by atoms with E-state index in [1.807, 2.05) is 37.3 Å². The van der Waals surface area contributed by atoms with Gasteiger partial charge in [0.2, 0.25) is 5.91 Å². The monoisotopic (exact) mass is 261 g/mol. The minimum Gasteiger partial charge on any atom is -0.481 e. The number of carboxylic acids is 1. The molecule has 0 aliphatic heterocycles. The molecule has 4 heteroatoms. The summed E-state index contributed by atoms with van der Waals surface area (Å²) >= 11 is 0. The van der Waals surface area contributed by atoms with Crippen LogP contribution in [0.2, 0.25) is 0 Å². The van der Waals surface area contributed by atoms with Crippen LogP contribution >= 0.6 is 0 Å². The first-order valence-electron chi connectivity index (χ1n) is 6.70. The van der Waals surface area contributed by atoms with E-state index in [1.165, 1.54) is 0 Å². The fourth-order valence-corrected chi connectivity index (χ4v) is 2.50. The predicted octanol–water partition coefficient (Wildman–Crippen LogP) is 2.16. The molecule has 4 nitrogen and oxygen atoms in total. The second kappa shape index (κ2) is 5.87. The van der Waals surface area contributed by atoms with Crippen molar-refractivity contribution in [2.45, 2.75) is 38.1 Å². The van der Waals surface area contributed by atoms with Crippen LogP contribution in [-0.2, 0) is 9.59 Å². The Labute approximate surface area is 112 Å². The molecule has 1 aliphatic carbocycles. The van der Waals surface area contributed by atoms with E-state index in [0.29, 0.717) is 12.8 Å². The summed E-state index contributed by atoms with van der Waals surface area (Å²) in [4.78, 5) is 22.9. The molecule has 19 heavy (non-hydrogen) atoms. The van der Waals surface area contributed by atoms with Crippen molar-refractivity contribution in [2.24, 2.45) is 5.92 Å². The lowest BCUT2D eigenvalue weighted by Crippen LogP contribution is -2.48. The Bertz CT molecular complexity index is 452. The summed E-state index contributed by atoms with van der Waals surface area (Å²) in [5, 5.41) is 11.8. The molecular formula is C15H19NO3. The molecule has 1 aromatic rings. The number of hydrogen-bond acceptors (Lipinski definition) is 2. The van der Waals surface area contributed by atoms with Gasteiger partial charge in [-0.15, -0.1) is 0 Å². The Balaban J connectivity index is 1.91. The molecule has 1 atom stereocenters. The van der Waals surface area contributed by atoms with Crippen LogP contribution in [0.4, 0.5) is 0 Å². The van der Waals surface area contributed by atoms with Crippen molar-refractivity contribution >= 4 is 11.9 Å². The summed E-state index contributed by atoms with van der Waals surface area (Å²) in [6.07, 6.45) is 1.84. The fourth-order valence-electron chi connectivity index (χ4n) is 2.50. The third kappa shape index (κ3) is 3.13. The Morgan fingerprint density at radius 3 is 2.47 bits per heavy atom. The summed E-state index contributed by atoms with van der Waals surface area (Å²) in [5.41, 5.74) is 1.01. The molecule has 102 valence electrons. The van der Waals surface area contributed by atoms with Gasteiger partial charge < -0.3 is 10.4 Å². The average Bonchev–Trinajstić information content (AvgIpc) is 2.35. The van der Waals surface area contributed by atoms with Gasteiger partial charge in [-0.2, -0.15) is 0 Å². The second-order valence-electron chi connectivity index (χ2n) is 5.08. The number of nitrogens with one attached hydrogen (secondary N) is 1. The summed E-state index contributed by atoms with van der Waals surface area (Å²) < 4.78 is 0. The molecule has 0 heterocycles. The van der Waals surface area contributed by atoms with Crippen molar-refractivity contribution < 1.29 is 14.7 Å². The van der Waals surface area contributed by atoms with Crippen LogP contribution < -0.4 is 5.32 Å². The van der Waals surface area contributed by atoms with E-state index < -0.39 is 5.97 Å². The van der Waals surface area contributed by atoms with Gasteiger partial charge in [-0.1, -0.05) is 37.3 Å². The lowest BCUT2D eigenvalue weighted by Gasteiger charge is -2.34. The van der Waals surface area contributed by atoms with E-state index >= 15 is 0 Å². The first kappa shape index (κ1) is 13.6. The molecule has 0 radical (unpaired) electrons. The molecule has 2 N–H and O–H groups in total. The maximum Gasteiger partial charge on any atom is 0.306 e. The van der Waals surface area contributed by atoms with Crippen LogP contribution in [0.1, 0.15) is 37.7 Å². The van der Waals surface area contributed by atoms with Gasteiger partial charge in [-0.25, -0.2) is 0 Å². The molecule has 1 aromatic carbocycles. The summed E-state index contributed by atoms with van der Waals surface area (Å²) in [5.74, 6) is -1.20. The zero-order chi connectivity index (χ0) is 13.8. The van der Waals surface area contributed by atoms with E-state index in [4.69, 9.17) is 5.11 Å². The number of carbonyl (C=O) groups excluding carboxylic acids is 1. The van der Waals surface area contributed by atoms with Crippen LogP contribution in [0.3, 0.4) is 0 Å². The van der Waals surface area contributed by atoms with Gasteiger partial charge in [0.15, 0.2) is 0 Å². The molecular weight excluding hydrogens is 242 g/mol. The minimum absolute atomic E-state index is 0.00235. The predicted molar refractivity (Wildman–Crippen MR) is 71.8 cm³/mol.